The van der Waals surface area contributed by atoms with Crippen LogP contribution in [0, 0.1) is 0 Å². The molecule has 3 N–H and O–H groups in total. The van der Waals surface area contributed by atoms with Crippen molar-refractivity contribution in [2.45, 2.75) is 32.4 Å². The first-order valence-electron chi connectivity index (χ1n) is 8.52. The molecule has 3 rings (SSSR count). The first-order valence-corrected chi connectivity index (χ1v) is 8.90. The van der Waals surface area contributed by atoms with Crippen molar-refractivity contribution in [1.82, 2.24) is 20.4 Å². The van der Waals surface area contributed by atoms with Crippen LogP contribution >= 0.6 is 35.6 Å². The van der Waals surface area contributed by atoms with E-state index in [0.717, 1.165) is 25.2 Å². The van der Waals surface area contributed by atoms with E-state index in [9.17, 15) is 0 Å². The second kappa shape index (κ2) is 10.1. The Morgan fingerprint density at radius 2 is 2.35 bits per heavy atom. The molecule has 1 aromatic carbocycles. The van der Waals surface area contributed by atoms with E-state index in [0.29, 0.717) is 28.7 Å². The van der Waals surface area contributed by atoms with Crippen molar-refractivity contribution in [2.24, 2.45) is 10.7 Å². The number of nitrogens with zero attached hydrogens (tertiary/aromatic N) is 4. The van der Waals surface area contributed by atoms with Gasteiger partial charge in [-0.2, -0.15) is 4.98 Å². The lowest BCUT2D eigenvalue weighted by molar-refractivity contribution is 0.267. The maximum atomic E-state index is 5.98. The number of hydrogen-bond acceptors (Lipinski definition) is 5. The average Bonchev–Trinajstić information content (AvgIpc) is 3.27. The molecule has 0 spiro atoms. The summed E-state index contributed by atoms with van der Waals surface area (Å²) in [4.78, 5) is 11.0. The molecule has 1 aromatic heterocycles. The minimum atomic E-state index is 0. The molecule has 7 nitrogen and oxygen atoms in total. The summed E-state index contributed by atoms with van der Waals surface area (Å²) in [5, 5.41) is 7.77. The van der Waals surface area contributed by atoms with Gasteiger partial charge in [0, 0.05) is 23.2 Å². The van der Waals surface area contributed by atoms with E-state index in [2.05, 4.69) is 32.3 Å². The van der Waals surface area contributed by atoms with Crippen molar-refractivity contribution in [1.29, 1.82) is 0 Å². The zero-order valence-corrected chi connectivity index (χ0v) is 17.8. The molecule has 1 fully saturated rings. The topological polar surface area (TPSA) is 92.6 Å². The highest BCUT2D eigenvalue weighted by Crippen LogP contribution is 2.20. The number of likely N-dealkylation sites (tertiary alicyclic amines) is 1. The highest BCUT2D eigenvalue weighted by atomic mass is 127. The predicted octanol–water partition coefficient (Wildman–Crippen LogP) is 2.90. The highest BCUT2D eigenvalue weighted by Gasteiger charge is 2.22. The summed E-state index contributed by atoms with van der Waals surface area (Å²) < 4.78 is 5.22. The maximum Gasteiger partial charge on any atom is 0.248 e. The largest absolute Gasteiger partial charge is 0.370 e. The molecule has 0 amide bonds. The molecule has 1 aliphatic rings. The number of rotatable bonds is 6. The lowest BCUT2D eigenvalue weighted by Gasteiger charge is -2.22. The van der Waals surface area contributed by atoms with Crippen molar-refractivity contribution in [2.75, 3.05) is 19.6 Å². The van der Waals surface area contributed by atoms with E-state index in [1.54, 1.807) is 12.1 Å². The lowest BCUT2D eigenvalue weighted by Crippen LogP contribution is -2.42. The smallest absolute Gasteiger partial charge is 0.248 e. The van der Waals surface area contributed by atoms with Crippen LogP contribution in [0.5, 0.6) is 0 Å². The van der Waals surface area contributed by atoms with Crippen molar-refractivity contribution >= 4 is 41.5 Å². The van der Waals surface area contributed by atoms with Crippen molar-refractivity contribution in [3.8, 4) is 11.4 Å². The van der Waals surface area contributed by atoms with Crippen LogP contribution in [0.25, 0.3) is 11.4 Å². The number of aromatic nitrogens is 2. The van der Waals surface area contributed by atoms with Crippen molar-refractivity contribution < 1.29 is 4.52 Å². The summed E-state index contributed by atoms with van der Waals surface area (Å²) in [5.74, 6) is 1.30. The summed E-state index contributed by atoms with van der Waals surface area (Å²) in [6.45, 7) is 5.46. The molecule has 1 atom stereocenters. The Bertz CT molecular complexity index is 738. The second-order valence-electron chi connectivity index (χ2n) is 6.03. The third kappa shape index (κ3) is 5.55. The van der Waals surface area contributed by atoms with Gasteiger partial charge in [-0.05, 0) is 38.1 Å². The third-order valence-corrected chi connectivity index (χ3v) is 4.59. The number of benzene rings is 1. The minimum absolute atomic E-state index is 0. The molecule has 2 heterocycles. The van der Waals surface area contributed by atoms with E-state index >= 15 is 0 Å². The highest BCUT2D eigenvalue weighted by molar-refractivity contribution is 14.0. The van der Waals surface area contributed by atoms with Gasteiger partial charge in [-0.15, -0.1) is 24.0 Å². The normalized spacial score (nSPS) is 17.9. The summed E-state index contributed by atoms with van der Waals surface area (Å²) in [7, 11) is 0. The van der Waals surface area contributed by atoms with Gasteiger partial charge in [0.2, 0.25) is 11.7 Å². The third-order valence-electron chi connectivity index (χ3n) is 4.36. The van der Waals surface area contributed by atoms with Gasteiger partial charge >= 0.3 is 0 Å². The van der Waals surface area contributed by atoms with E-state index in [4.69, 9.17) is 21.9 Å². The first-order chi connectivity index (χ1) is 12.2. The van der Waals surface area contributed by atoms with Crippen LogP contribution in [0.1, 0.15) is 25.7 Å². The fourth-order valence-corrected chi connectivity index (χ4v) is 3.23. The Balaban J connectivity index is 0.00000243. The molecule has 2 aromatic rings. The Labute approximate surface area is 175 Å². The molecular weight excluding hydrogens is 467 g/mol. The van der Waals surface area contributed by atoms with Crippen LogP contribution in [-0.2, 0) is 6.54 Å². The van der Waals surface area contributed by atoms with Crippen LogP contribution in [-0.4, -0.2) is 46.7 Å². The van der Waals surface area contributed by atoms with E-state index in [1.807, 2.05) is 12.1 Å². The molecule has 26 heavy (non-hydrogen) atoms. The molecule has 0 bridgehead atoms. The van der Waals surface area contributed by atoms with Gasteiger partial charge in [0.25, 0.3) is 0 Å². The fourth-order valence-electron chi connectivity index (χ4n) is 3.04. The minimum Gasteiger partial charge on any atom is -0.370 e. The van der Waals surface area contributed by atoms with Gasteiger partial charge in [0.05, 0.1) is 0 Å². The summed E-state index contributed by atoms with van der Waals surface area (Å²) >= 11 is 5.98. The van der Waals surface area contributed by atoms with Crippen molar-refractivity contribution in [3.05, 3.63) is 35.2 Å². The van der Waals surface area contributed by atoms with Gasteiger partial charge < -0.3 is 15.6 Å². The monoisotopic (exact) mass is 490 g/mol. The van der Waals surface area contributed by atoms with Gasteiger partial charge in [0.15, 0.2) is 5.96 Å². The molecule has 0 saturated carbocycles. The van der Waals surface area contributed by atoms with Crippen molar-refractivity contribution in [3.63, 3.8) is 0 Å². The number of hydrogen-bond donors (Lipinski definition) is 2. The summed E-state index contributed by atoms with van der Waals surface area (Å²) in [6, 6.07) is 7.83. The van der Waals surface area contributed by atoms with Crippen LogP contribution in [0.4, 0.5) is 0 Å². The lowest BCUT2D eigenvalue weighted by atomic mass is 10.2. The SMILES string of the molecule is CCN1CCCC1CNC(N)=NCc1nc(-c2cccc(Cl)c2)no1.I. The van der Waals surface area contributed by atoms with Gasteiger partial charge in [0.1, 0.15) is 6.54 Å². The molecule has 0 radical (unpaired) electrons. The summed E-state index contributed by atoms with van der Waals surface area (Å²) in [5.41, 5.74) is 6.74. The molecular formula is C17H24ClIN6O. The van der Waals surface area contributed by atoms with Gasteiger partial charge in [-0.1, -0.05) is 35.8 Å². The summed E-state index contributed by atoms with van der Waals surface area (Å²) in [6.07, 6.45) is 2.44. The Kier molecular flexibility index (Phi) is 8.11. The number of aliphatic imine (C=N–C) groups is 1. The Hall–Kier alpha value is -1.39. The fraction of sp³-hybridized carbons (Fsp3) is 0.471. The van der Waals surface area contributed by atoms with Gasteiger partial charge in [-0.3, -0.25) is 4.90 Å². The zero-order valence-electron chi connectivity index (χ0n) is 14.7. The Morgan fingerprint density at radius 1 is 1.50 bits per heavy atom. The number of guanidine groups is 1. The molecule has 0 aliphatic carbocycles. The average molecular weight is 491 g/mol. The maximum absolute atomic E-state index is 5.98. The molecule has 142 valence electrons. The zero-order chi connectivity index (χ0) is 17.6. The molecule has 1 saturated heterocycles. The van der Waals surface area contributed by atoms with Crippen LogP contribution in [0.15, 0.2) is 33.8 Å². The van der Waals surface area contributed by atoms with Crippen LogP contribution in [0.3, 0.4) is 0 Å². The van der Waals surface area contributed by atoms with Crippen LogP contribution in [0.2, 0.25) is 5.02 Å². The first kappa shape index (κ1) is 20.9. The molecule has 1 unspecified atom stereocenters. The molecule has 9 heteroatoms. The van der Waals surface area contributed by atoms with Gasteiger partial charge in [-0.25, -0.2) is 4.99 Å². The van der Waals surface area contributed by atoms with Crippen LogP contribution < -0.4 is 11.1 Å². The molecule has 1 aliphatic heterocycles. The quantitative estimate of drug-likeness (QED) is 0.367. The number of nitrogens with one attached hydrogen (secondary N) is 1. The standard InChI is InChI=1S/C17H23ClN6O.HI/c1-2-24-8-4-7-14(24)10-20-17(19)21-11-15-22-16(23-25-15)12-5-3-6-13(18)9-12;/h3,5-6,9,14H,2,4,7-8,10-11H2,1H3,(H3,19,20,21);1H. The van der Waals surface area contributed by atoms with E-state index in [-0.39, 0.29) is 30.5 Å². The number of likely N-dealkylation sites (N-methyl/N-ethyl adjacent to an activating group) is 1. The Morgan fingerprint density at radius 3 is 3.12 bits per heavy atom. The van der Waals surface area contributed by atoms with E-state index < -0.39 is 0 Å². The second-order valence-corrected chi connectivity index (χ2v) is 6.47. The number of nitrogens with two attached hydrogens (primary N) is 1. The predicted molar refractivity (Wildman–Crippen MR) is 114 cm³/mol. The van der Waals surface area contributed by atoms with E-state index in [1.165, 1.54) is 12.8 Å². The number of halogens is 2.